The van der Waals surface area contributed by atoms with Crippen LogP contribution < -0.4 is 15.9 Å². The largest absolute Gasteiger partial charge is 0.298 e. The van der Waals surface area contributed by atoms with Crippen molar-refractivity contribution in [2.24, 2.45) is 10.1 Å². The van der Waals surface area contributed by atoms with E-state index in [0.717, 1.165) is 21.7 Å². The highest BCUT2D eigenvalue weighted by Gasteiger charge is 2.34. The lowest BCUT2D eigenvalue weighted by molar-refractivity contribution is -0.116. The van der Waals surface area contributed by atoms with Crippen LogP contribution in [-0.4, -0.2) is 16.1 Å². The van der Waals surface area contributed by atoms with E-state index in [9.17, 15) is 4.79 Å². The van der Waals surface area contributed by atoms with E-state index in [0.29, 0.717) is 21.6 Å². The van der Waals surface area contributed by atoms with Crippen LogP contribution in [0, 0.1) is 0 Å². The molecule has 0 saturated carbocycles. The van der Waals surface area contributed by atoms with E-state index in [1.165, 1.54) is 11.8 Å². The summed E-state index contributed by atoms with van der Waals surface area (Å²) >= 11 is 7.72. The Morgan fingerprint density at radius 1 is 1.00 bits per heavy atom. The Balaban J connectivity index is 1.58. The third-order valence-electron chi connectivity index (χ3n) is 4.88. The van der Waals surface area contributed by atoms with Gasteiger partial charge in [0.2, 0.25) is 0 Å². The van der Waals surface area contributed by atoms with E-state index in [4.69, 9.17) is 21.7 Å². The molecule has 5 rings (SSSR count). The number of amides is 1. The summed E-state index contributed by atoms with van der Waals surface area (Å²) in [5.41, 5.74) is 2.53. The van der Waals surface area contributed by atoms with Gasteiger partial charge >= 0.3 is 0 Å². The number of hydrogen-bond acceptors (Lipinski definition) is 5. The maximum Gasteiger partial charge on any atom is 0.276 e. The van der Waals surface area contributed by atoms with Crippen molar-refractivity contribution in [2.45, 2.75) is 11.9 Å². The number of para-hydroxylation sites is 1. The van der Waals surface area contributed by atoms with Crippen LogP contribution >= 0.6 is 23.4 Å². The Morgan fingerprint density at radius 3 is 2.63 bits per heavy atom. The summed E-state index contributed by atoms with van der Waals surface area (Å²) in [7, 11) is 0. The summed E-state index contributed by atoms with van der Waals surface area (Å²) in [6.07, 6.45) is -0.466. The predicted molar refractivity (Wildman–Crippen MR) is 120 cm³/mol. The lowest BCUT2D eigenvalue weighted by Crippen LogP contribution is -2.50. The number of nitrogens with zero attached hydrogens (tertiary/aromatic N) is 3. The molecule has 30 heavy (non-hydrogen) atoms. The number of carbonyl (C=O) groups excluding carboxylic acids is 1. The number of fused-ring (bicyclic) bond motifs is 2. The summed E-state index contributed by atoms with van der Waals surface area (Å²) in [5, 5.41) is 12.1. The molecule has 0 bridgehead atoms. The average molecular weight is 433 g/mol. The molecule has 1 atom stereocenters. The Morgan fingerprint density at radius 2 is 1.80 bits per heavy atom. The van der Waals surface area contributed by atoms with Crippen molar-refractivity contribution in [3.63, 3.8) is 0 Å². The fourth-order valence-electron chi connectivity index (χ4n) is 3.50. The second-order valence-corrected chi connectivity index (χ2v) is 8.30. The van der Waals surface area contributed by atoms with Crippen LogP contribution in [0.15, 0.2) is 89.0 Å². The standard InChI is InChI=1S/C23H17ClN4OS/c24-17-10-6-9-16(13-17)21-25-19-12-5-4-11-18(19)20-22(29)26-23(27-28(20)21)30-14-15-7-2-1-3-8-15/h1-13,21H,14H2,(H,26,27,29)/t21-/m0/s1. The first kappa shape index (κ1) is 18.9. The highest BCUT2D eigenvalue weighted by Crippen LogP contribution is 2.32. The van der Waals surface area contributed by atoms with E-state index in [1.807, 2.05) is 66.7 Å². The van der Waals surface area contributed by atoms with E-state index in [-0.39, 0.29) is 5.91 Å². The number of benzene rings is 3. The van der Waals surface area contributed by atoms with Crippen molar-refractivity contribution in [3.8, 4) is 0 Å². The van der Waals surface area contributed by atoms with Gasteiger partial charge in [0, 0.05) is 16.0 Å². The topological polar surface area (TPSA) is 57.1 Å². The van der Waals surface area contributed by atoms with Crippen LogP contribution in [-0.2, 0) is 10.5 Å². The molecule has 2 aliphatic rings. The van der Waals surface area contributed by atoms with E-state index in [2.05, 4.69) is 17.4 Å². The Kier molecular flexibility index (Phi) is 5.02. The van der Waals surface area contributed by atoms with Crippen molar-refractivity contribution < 1.29 is 4.79 Å². The van der Waals surface area contributed by atoms with Crippen LogP contribution in [0.2, 0.25) is 5.02 Å². The number of carbonyl (C=O) groups is 1. The van der Waals surface area contributed by atoms with Crippen LogP contribution in [0.1, 0.15) is 17.3 Å². The van der Waals surface area contributed by atoms with Crippen LogP contribution in [0.5, 0.6) is 0 Å². The molecule has 0 aromatic heterocycles. The molecule has 148 valence electrons. The second-order valence-electron chi connectivity index (χ2n) is 6.90. The highest BCUT2D eigenvalue weighted by atomic mass is 35.5. The molecule has 0 radical (unpaired) electrons. The summed E-state index contributed by atoms with van der Waals surface area (Å²) in [5.74, 6) is 0.522. The van der Waals surface area contributed by atoms with Gasteiger partial charge in [-0.15, -0.1) is 5.10 Å². The van der Waals surface area contributed by atoms with Crippen molar-refractivity contribution in [1.82, 2.24) is 10.3 Å². The minimum atomic E-state index is -0.466. The lowest BCUT2D eigenvalue weighted by Gasteiger charge is -2.34. The molecule has 2 heterocycles. The van der Waals surface area contributed by atoms with Gasteiger partial charge in [-0.05, 0) is 29.3 Å². The summed E-state index contributed by atoms with van der Waals surface area (Å²) < 4.78 is 0. The molecular formula is C23H17ClN4OS. The molecule has 0 saturated heterocycles. The van der Waals surface area contributed by atoms with Crippen molar-refractivity contribution >= 4 is 40.1 Å². The molecule has 7 heteroatoms. The zero-order chi connectivity index (χ0) is 20.5. The molecule has 1 amide bonds. The van der Waals surface area contributed by atoms with Gasteiger partial charge in [0.05, 0.1) is 5.36 Å². The zero-order valence-corrected chi connectivity index (χ0v) is 17.4. The molecule has 3 aromatic carbocycles. The van der Waals surface area contributed by atoms with Gasteiger partial charge in [-0.3, -0.25) is 15.1 Å². The number of amidine groups is 1. The predicted octanol–water partition coefficient (Wildman–Crippen LogP) is 3.42. The van der Waals surface area contributed by atoms with Gasteiger partial charge in [0.15, 0.2) is 11.3 Å². The number of hydrogen-bond donors (Lipinski definition) is 1. The molecule has 2 aliphatic heterocycles. The molecule has 3 aromatic rings. The molecule has 0 spiro atoms. The molecule has 0 aliphatic carbocycles. The number of halogens is 1. The first-order chi connectivity index (χ1) is 14.7. The fourth-order valence-corrected chi connectivity index (χ4v) is 4.51. The molecule has 5 nitrogen and oxygen atoms in total. The van der Waals surface area contributed by atoms with Crippen molar-refractivity contribution in [2.75, 3.05) is 0 Å². The van der Waals surface area contributed by atoms with Crippen LogP contribution in [0.3, 0.4) is 0 Å². The Hall–Kier alpha value is -3.09. The normalized spacial score (nSPS) is 17.4. The first-order valence-corrected chi connectivity index (χ1v) is 10.8. The highest BCUT2D eigenvalue weighted by molar-refractivity contribution is 8.13. The third kappa shape index (κ3) is 3.60. The van der Waals surface area contributed by atoms with E-state index in [1.54, 1.807) is 5.01 Å². The number of thioether (sulfide) groups is 1. The zero-order valence-electron chi connectivity index (χ0n) is 15.8. The fraction of sp³-hybridized carbons (Fsp3) is 0.0870. The maximum absolute atomic E-state index is 13.1. The maximum atomic E-state index is 13.1. The van der Waals surface area contributed by atoms with Gasteiger partial charge in [0.1, 0.15) is 5.70 Å². The van der Waals surface area contributed by atoms with Crippen molar-refractivity contribution in [3.05, 3.63) is 106 Å². The average Bonchev–Trinajstić information content (AvgIpc) is 2.77. The van der Waals surface area contributed by atoms with Crippen molar-refractivity contribution in [1.29, 1.82) is 0 Å². The van der Waals surface area contributed by atoms with Gasteiger partial charge in [-0.25, -0.2) is 5.01 Å². The third-order valence-corrected chi connectivity index (χ3v) is 6.05. The van der Waals surface area contributed by atoms with Crippen LogP contribution in [0.4, 0.5) is 0 Å². The van der Waals surface area contributed by atoms with Gasteiger partial charge < -0.3 is 0 Å². The summed E-state index contributed by atoms with van der Waals surface area (Å²) in [6.45, 7) is 0. The smallest absolute Gasteiger partial charge is 0.276 e. The Bertz CT molecular complexity index is 1280. The van der Waals surface area contributed by atoms with Crippen LogP contribution in [0.25, 0.3) is 5.70 Å². The van der Waals surface area contributed by atoms with E-state index >= 15 is 0 Å². The van der Waals surface area contributed by atoms with E-state index < -0.39 is 6.17 Å². The van der Waals surface area contributed by atoms with Gasteiger partial charge in [0.25, 0.3) is 5.91 Å². The minimum absolute atomic E-state index is 0.185. The monoisotopic (exact) mass is 432 g/mol. The second kappa shape index (κ2) is 7.97. The SMILES string of the molecule is O=C1NC(SCc2ccccc2)=NN2C1=c1ccccc1=N[C@@H]2c1cccc(Cl)c1. The number of rotatable bonds is 3. The number of hydrazone groups is 1. The quantitative estimate of drug-likeness (QED) is 0.690. The van der Waals surface area contributed by atoms with Gasteiger partial charge in [-0.2, -0.15) is 0 Å². The first-order valence-electron chi connectivity index (χ1n) is 9.47. The Labute approximate surface area is 182 Å². The van der Waals surface area contributed by atoms with Gasteiger partial charge in [-0.1, -0.05) is 84.0 Å². The molecule has 1 N–H and O–H groups in total. The molecule has 0 fully saturated rings. The summed E-state index contributed by atoms with van der Waals surface area (Å²) in [6, 6.07) is 25.2. The minimum Gasteiger partial charge on any atom is -0.298 e. The molecular weight excluding hydrogens is 416 g/mol. The number of nitrogens with one attached hydrogen (secondary N) is 1. The summed E-state index contributed by atoms with van der Waals surface area (Å²) in [4.78, 5) is 18.0. The lowest BCUT2D eigenvalue weighted by atomic mass is 10.1. The molecule has 0 unspecified atom stereocenters.